The Bertz CT molecular complexity index is 575. The van der Waals surface area contributed by atoms with E-state index < -0.39 is 0 Å². The van der Waals surface area contributed by atoms with Gasteiger partial charge in [-0.05, 0) is 38.0 Å². The lowest BCUT2D eigenvalue weighted by Gasteiger charge is -2.18. The molecule has 1 amide bonds. The van der Waals surface area contributed by atoms with Crippen LogP contribution in [0.4, 0.5) is 0 Å². The number of carbonyl (C=O) groups is 1. The summed E-state index contributed by atoms with van der Waals surface area (Å²) in [6, 6.07) is 8.13. The molecule has 1 unspecified atom stereocenters. The van der Waals surface area contributed by atoms with Gasteiger partial charge in [-0.1, -0.05) is 44.7 Å². The van der Waals surface area contributed by atoms with Gasteiger partial charge in [-0.15, -0.1) is 0 Å². The van der Waals surface area contributed by atoms with E-state index in [1.807, 2.05) is 31.2 Å². The van der Waals surface area contributed by atoms with Crippen LogP contribution < -0.4 is 20.7 Å². The highest BCUT2D eigenvalue weighted by Crippen LogP contribution is 2.13. The Morgan fingerprint density at radius 2 is 2.00 bits per heavy atom. The van der Waals surface area contributed by atoms with Gasteiger partial charge in [0.1, 0.15) is 5.75 Å². The van der Waals surface area contributed by atoms with Crippen LogP contribution in [-0.4, -0.2) is 38.1 Å². The van der Waals surface area contributed by atoms with E-state index in [9.17, 15) is 4.79 Å². The Hall–Kier alpha value is -2.24. The number of carbonyl (C=O) groups excluding carboxylic acids is 1. The van der Waals surface area contributed by atoms with Gasteiger partial charge >= 0.3 is 0 Å². The number of benzene rings is 1. The zero-order valence-corrected chi connectivity index (χ0v) is 17.3. The van der Waals surface area contributed by atoms with Crippen molar-refractivity contribution in [1.82, 2.24) is 16.0 Å². The minimum absolute atomic E-state index is 0.0312. The zero-order valence-electron chi connectivity index (χ0n) is 17.3. The molecule has 1 aromatic carbocycles. The Morgan fingerprint density at radius 3 is 2.70 bits per heavy atom. The van der Waals surface area contributed by atoms with Crippen LogP contribution in [-0.2, 0) is 11.3 Å². The Balaban J connectivity index is 2.41. The topological polar surface area (TPSA) is 74.8 Å². The standard InChI is InChI=1S/C21H36N4O2/c1-5-7-8-9-11-17(3)25-21(22-4)24-15-18-12-10-13-19(14-18)27-16-20(26)23-6-2/h10,12-14,17H,5-9,11,15-16H2,1-4H3,(H,23,26)(H2,22,24,25). The largest absolute Gasteiger partial charge is 0.484 e. The third-order valence-electron chi connectivity index (χ3n) is 4.20. The maximum Gasteiger partial charge on any atom is 0.257 e. The second-order valence-electron chi connectivity index (χ2n) is 6.71. The fourth-order valence-corrected chi connectivity index (χ4v) is 2.71. The number of ether oxygens (including phenoxy) is 1. The van der Waals surface area contributed by atoms with Gasteiger partial charge in [0.15, 0.2) is 12.6 Å². The molecule has 0 aliphatic heterocycles. The molecule has 152 valence electrons. The zero-order chi connectivity index (χ0) is 19.9. The molecule has 0 saturated carbocycles. The molecule has 0 aliphatic carbocycles. The van der Waals surface area contributed by atoms with E-state index in [2.05, 4.69) is 34.8 Å². The summed E-state index contributed by atoms with van der Waals surface area (Å²) in [5, 5.41) is 9.49. The number of amides is 1. The molecule has 0 bridgehead atoms. The number of guanidine groups is 1. The van der Waals surface area contributed by atoms with Crippen molar-refractivity contribution < 1.29 is 9.53 Å². The number of nitrogens with one attached hydrogen (secondary N) is 3. The normalized spacial score (nSPS) is 12.4. The first-order chi connectivity index (χ1) is 13.1. The van der Waals surface area contributed by atoms with E-state index in [1.165, 1.54) is 25.7 Å². The molecular weight excluding hydrogens is 340 g/mol. The van der Waals surface area contributed by atoms with E-state index >= 15 is 0 Å². The second-order valence-corrected chi connectivity index (χ2v) is 6.71. The number of nitrogens with zero attached hydrogens (tertiary/aromatic N) is 1. The van der Waals surface area contributed by atoms with Crippen molar-refractivity contribution in [1.29, 1.82) is 0 Å². The van der Waals surface area contributed by atoms with Gasteiger partial charge in [-0.2, -0.15) is 0 Å². The van der Waals surface area contributed by atoms with Crippen LogP contribution in [0.5, 0.6) is 5.75 Å². The summed E-state index contributed by atoms with van der Waals surface area (Å²) in [4.78, 5) is 15.8. The first-order valence-electron chi connectivity index (χ1n) is 10.0. The molecule has 27 heavy (non-hydrogen) atoms. The molecule has 0 aliphatic rings. The molecule has 0 saturated heterocycles. The van der Waals surface area contributed by atoms with Crippen LogP contribution in [0.1, 0.15) is 58.4 Å². The van der Waals surface area contributed by atoms with Crippen LogP contribution in [0.15, 0.2) is 29.3 Å². The van der Waals surface area contributed by atoms with Gasteiger partial charge in [0.25, 0.3) is 5.91 Å². The lowest BCUT2D eigenvalue weighted by molar-refractivity contribution is -0.122. The van der Waals surface area contributed by atoms with Crippen molar-refractivity contribution in [3.05, 3.63) is 29.8 Å². The van der Waals surface area contributed by atoms with Gasteiger partial charge in [-0.3, -0.25) is 9.79 Å². The molecule has 0 aromatic heterocycles. The predicted molar refractivity (Wildman–Crippen MR) is 112 cm³/mol. The van der Waals surface area contributed by atoms with Gasteiger partial charge < -0.3 is 20.7 Å². The molecular formula is C21H36N4O2. The third kappa shape index (κ3) is 10.5. The lowest BCUT2D eigenvalue weighted by atomic mass is 10.1. The molecule has 0 spiro atoms. The lowest BCUT2D eigenvalue weighted by Crippen LogP contribution is -2.41. The van der Waals surface area contributed by atoms with E-state index in [-0.39, 0.29) is 12.5 Å². The van der Waals surface area contributed by atoms with Crippen LogP contribution in [0.2, 0.25) is 0 Å². The van der Waals surface area contributed by atoms with Gasteiger partial charge in [0, 0.05) is 26.2 Å². The summed E-state index contributed by atoms with van der Waals surface area (Å²) in [7, 11) is 1.78. The fraction of sp³-hybridized carbons (Fsp3) is 0.619. The molecule has 0 heterocycles. The second kappa shape index (κ2) is 13.9. The Labute approximate surface area is 164 Å². The molecule has 1 rings (SSSR count). The summed E-state index contributed by atoms with van der Waals surface area (Å²) < 4.78 is 5.54. The van der Waals surface area contributed by atoms with E-state index in [0.717, 1.165) is 17.9 Å². The minimum Gasteiger partial charge on any atom is -0.484 e. The SMILES string of the molecule is CCCCCCC(C)NC(=NC)NCc1cccc(OCC(=O)NCC)c1. The summed E-state index contributed by atoms with van der Waals surface area (Å²) >= 11 is 0. The van der Waals surface area contributed by atoms with E-state index in [0.29, 0.717) is 24.9 Å². The summed E-state index contributed by atoms with van der Waals surface area (Å²) in [5.74, 6) is 1.37. The van der Waals surface area contributed by atoms with Crippen LogP contribution in [0.3, 0.4) is 0 Å². The fourth-order valence-electron chi connectivity index (χ4n) is 2.71. The van der Waals surface area contributed by atoms with E-state index in [4.69, 9.17) is 4.74 Å². The van der Waals surface area contributed by atoms with Crippen LogP contribution in [0.25, 0.3) is 0 Å². The average molecular weight is 377 g/mol. The van der Waals surface area contributed by atoms with Crippen molar-refractivity contribution in [2.24, 2.45) is 4.99 Å². The van der Waals surface area contributed by atoms with Crippen molar-refractivity contribution in [3.8, 4) is 5.75 Å². The highest BCUT2D eigenvalue weighted by Gasteiger charge is 2.06. The number of unbranched alkanes of at least 4 members (excludes halogenated alkanes) is 3. The number of aliphatic imine (C=N–C) groups is 1. The first kappa shape index (κ1) is 22.8. The molecule has 6 heteroatoms. The van der Waals surface area contributed by atoms with Gasteiger partial charge in [0.05, 0.1) is 0 Å². The third-order valence-corrected chi connectivity index (χ3v) is 4.20. The van der Waals surface area contributed by atoms with Crippen molar-refractivity contribution in [2.45, 2.75) is 65.5 Å². The highest BCUT2D eigenvalue weighted by atomic mass is 16.5. The molecule has 0 radical (unpaired) electrons. The molecule has 3 N–H and O–H groups in total. The number of hydrogen-bond acceptors (Lipinski definition) is 3. The first-order valence-corrected chi connectivity index (χ1v) is 10.0. The maximum atomic E-state index is 11.5. The Kier molecular flexibility index (Phi) is 11.7. The molecule has 1 atom stereocenters. The van der Waals surface area contributed by atoms with Crippen LogP contribution in [0, 0.1) is 0 Å². The van der Waals surface area contributed by atoms with Crippen molar-refractivity contribution >= 4 is 11.9 Å². The summed E-state index contributed by atoms with van der Waals surface area (Å²) in [6.07, 6.45) is 6.24. The smallest absolute Gasteiger partial charge is 0.257 e. The average Bonchev–Trinajstić information content (AvgIpc) is 2.67. The Morgan fingerprint density at radius 1 is 1.19 bits per heavy atom. The van der Waals surface area contributed by atoms with E-state index in [1.54, 1.807) is 7.05 Å². The molecule has 6 nitrogen and oxygen atoms in total. The van der Waals surface area contributed by atoms with Crippen molar-refractivity contribution in [2.75, 3.05) is 20.2 Å². The summed E-state index contributed by atoms with van der Waals surface area (Å²) in [5.41, 5.74) is 1.07. The predicted octanol–water partition coefficient (Wildman–Crippen LogP) is 3.23. The van der Waals surface area contributed by atoms with Crippen molar-refractivity contribution in [3.63, 3.8) is 0 Å². The minimum atomic E-state index is -0.112. The maximum absolute atomic E-state index is 11.5. The number of hydrogen-bond donors (Lipinski definition) is 3. The van der Waals surface area contributed by atoms with Gasteiger partial charge in [-0.25, -0.2) is 0 Å². The number of rotatable bonds is 12. The molecule has 1 aromatic rings. The van der Waals surface area contributed by atoms with Crippen LogP contribution >= 0.6 is 0 Å². The van der Waals surface area contributed by atoms with Gasteiger partial charge in [0.2, 0.25) is 0 Å². The highest BCUT2D eigenvalue weighted by molar-refractivity contribution is 5.80. The summed E-state index contributed by atoms with van der Waals surface area (Å²) in [6.45, 7) is 7.58. The number of likely N-dealkylation sites (N-methyl/N-ethyl adjacent to an activating group) is 1. The monoisotopic (exact) mass is 376 g/mol. The molecule has 0 fully saturated rings. The quantitative estimate of drug-likeness (QED) is 0.297.